The molecule has 0 heterocycles. The van der Waals surface area contributed by atoms with E-state index < -0.39 is 11.9 Å². The zero-order valence-corrected chi connectivity index (χ0v) is 14.2. The van der Waals surface area contributed by atoms with E-state index in [1.807, 2.05) is 54.6 Å². The first-order valence-corrected chi connectivity index (χ1v) is 8.81. The Hall–Kier alpha value is -2.33. The topological polar surface area (TPSA) is 66.8 Å². The van der Waals surface area contributed by atoms with Crippen LogP contribution in [0.3, 0.4) is 0 Å². The molecule has 1 aliphatic carbocycles. The fourth-order valence-corrected chi connectivity index (χ4v) is 3.59. The molecule has 1 unspecified atom stereocenters. The number of carboxylic acids is 1. The summed E-state index contributed by atoms with van der Waals surface area (Å²) in [4.78, 5) is 11.9. The van der Waals surface area contributed by atoms with E-state index in [1.54, 1.807) is 0 Å². The van der Waals surface area contributed by atoms with Crippen molar-refractivity contribution in [3.05, 3.63) is 65.7 Å². The minimum absolute atomic E-state index is 0.0604. The molecule has 1 saturated carbocycles. The summed E-state index contributed by atoms with van der Waals surface area (Å²) in [5, 5.41) is 19.4. The molecule has 0 aromatic heterocycles. The lowest BCUT2D eigenvalue weighted by Crippen LogP contribution is -2.27. The molecule has 132 valence electrons. The largest absolute Gasteiger partial charge is 0.489 e. The molecule has 0 saturated heterocycles. The molecule has 0 spiro atoms. The van der Waals surface area contributed by atoms with Crippen molar-refractivity contribution in [2.45, 2.75) is 44.3 Å². The van der Waals surface area contributed by atoms with Gasteiger partial charge in [-0.3, -0.25) is 4.79 Å². The number of aliphatic carboxylic acids is 1. The molecule has 1 fully saturated rings. The zero-order chi connectivity index (χ0) is 17.6. The Balaban J connectivity index is 1.72. The molecule has 0 aliphatic heterocycles. The van der Waals surface area contributed by atoms with Crippen molar-refractivity contribution < 1.29 is 19.7 Å². The van der Waals surface area contributed by atoms with Gasteiger partial charge in [-0.05, 0) is 54.9 Å². The van der Waals surface area contributed by atoms with Crippen LogP contribution in [0.5, 0.6) is 5.75 Å². The van der Waals surface area contributed by atoms with Crippen molar-refractivity contribution in [3.63, 3.8) is 0 Å². The van der Waals surface area contributed by atoms with Gasteiger partial charge < -0.3 is 14.9 Å². The van der Waals surface area contributed by atoms with Gasteiger partial charge in [0.2, 0.25) is 0 Å². The highest BCUT2D eigenvalue weighted by atomic mass is 16.5. The third-order valence-electron chi connectivity index (χ3n) is 4.94. The molecule has 4 nitrogen and oxygen atoms in total. The third kappa shape index (κ3) is 4.60. The van der Waals surface area contributed by atoms with E-state index in [0.717, 1.165) is 24.0 Å². The highest BCUT2D eigenvalue weighted by Crippen LogP contribution is 2.37. The Morgan fingerprint density at radius 3 is 2.44 bits per heavy atom. The SMILES string of the molecule is O=C(O)C(c1cccc(OCc2ccccc2)c1)C1CCC(O)CC1. The number of carboxylic acid groups (broad SMARTS) is 1. The van der Waals surface area contributed by atoms with Gasteiger partial charge in [0.1, 0.15) is 12.4 Å². The normalized spacial score (nSPS) is 21.5. The lowest BCUT2D eigenvalue weighted by atomic mass is 9.76. The molecule has 0 radical (unpaired) electrons. The Bertz CT molecular complexity index is 690. The number of carbonyl (C=O) groups is 1. The maximum absolute atomic E-state index is 11.9. The first kappa shape index (κ1) is 17.5. The molecular formula is C21H24O4. The van der Waals surface area contributed by atoms with Crippen LogP contribution in [-0.2, 0) is 11.4 Å². The zero-order valence-electron chi connectivity index (χ0n) is 14.2. The second-order valence-electron chi connectivity index (χ2n) is 6.73. The van der Waals surface area contributed by atoms with Crippen LogP contribution >= 0.6 is 0 Å². The van der Waals surface area contributed by atoms with E-state index in [2.05, 4.69) is 0 Å². The van der Waals surface area contributed by atoms with Crippen molar-refractivity contribution >= 4 is 5.97 Å². The summed E-state index contributed by atoms with van der Waals surface area (Å²) >= 11 is 0. The fraction of sp³-hybridized carbons (Fsp3) is 0.381. The van der Waals surface area contributed by atoms with E-state index in [4.69, 9.17) is 4.74 Å². The van der Waals surface area contributed by atoms with E-state index in [-0.39, 0.29) is 12.0 Å². The highest BCUT2D eigenvalue weighted by Gasteiger charge is 2.32. The number of hydrogen-bond donors (Lipinski definition) is 2. The maximum atomic E-state index is 11.9. The first-order chi connectivity index (χ1) is 12.1. The van der Waals surface area contributed by atoms with Gasteiger partial charge in [0, 0.05) is 0 Å². The molecule has 0 bridgehead atoms. The van der Waals surface area contributed by atoms with Crippen LogP contribution in [0.4, 0.5) is 0 Å². The molecule has 4 heteroatoms. The maximum Gasteiger partial charge on any atom is 0.311 e. The van der Waals surface area contributed by atoms with Crippen LogP contribution in [0, 0.1) is 5.92 Å². The van der Waals surface area contributed by atoms with Crippen molar-refractivity contribution in [1.82, 2.24) is 0 Å². The molecule has 2 N–H and O–H groups in total. The first-order valence-electron chi connectivity index (χ1n) is 8.81. The van der Waals surface area contributed by atoms with Crippen LogP contribution < -0.4 is 4.74 Å². The summed E-state index contributed by atoms with van der Waals surface area (Å²) in [7, 11) is 0. The van der Waals surface area contributed by atoms with E-state index in [0.29, 0.717) is 25.2 Å². The standard InChI is InChI=1S/C21H24O4/c22-18-11-9-16(10-12-18)20(21(23)24)17-7-4-8-19(13-17)25-14-15-5-2-1-3-6-15/h1-8,13,16,18,20,22H,9-12,14H2,(H,23,24). The van der Waals surface area contributed by atoms with Gasteiger partial charge in [0.15, 0.2) is 0 Å². The summed E-state index contributed by atoms with van der Waals surface area (Å²) in [6, 6.07) is 17.3. The second kappa shape index (κ2) is 8.17. The number of aliphatic hydroxyl groups is 1. The van der Waals surface area contributed by atoms with Crippen LogP contribution in [0.25, 0.3) is 0 Å². The number of ether oxygens (including phenoxy) is 1. The number of rotatable bonds is 6. The molecule has 25 heavy (non-hydrogen) atoms. The smallest absolute Gasteiger partial charge is 0.311 e. The predicted molar refractivity (Wildman–Crippen MR) is 95.6 cm³/mol. The Morgan fingerprint density at radius 1 is 1.04 bits per heavy atom. The van der Waals surface area contributed by atoms with Gasteiger partial charge in [-0.1, -0.05) is 42.5 Å². The van der Waals surface area contributed by atoms with Crippen molar-refractivity contribution in [3.8, 4) is 5.75 Å². The molecule has 2 aromatic carbocycles. The molecule has 0 amide bonds. The summed E-state index contributed by atoms with van der Waals surface area (Å²) in [6.07, 6.45) is 2.56. The second-order valence-corrected chi connectivity index (χ2v) is 6.73. The average Bonchev–Trinajstić information content (AvgIpc) is 2.63. The minimum atomic E-state index is -0.804. The Labute approximate surface area is 148 Å². The summed E-state index contributed by atoms with van der Waals surface area (Å²) < 4.78 is 5.83. The lowest BCUT2D eigenvalue weighted by Gasteiger charge is -2.30. The van der Waals surface area contributed by atoms with Crippen LogP contribution in [-0.4, -0.2) is 22.3 Å². The summed E-state index contributed by atoms with van der Waals surface area (Å²) in [5.74, 6) is -0.608. The molecule has 1 atom stereocenters. The Morgan fingerprint density at radius 2 is 1.76 bits per heavy atom. The van der Waals surface area contributed by atoms with E-state index in [9.17, 15) is 15.0 Å². The summed E-state index contributed by atoms with van der Waals surface area (Å²) in [6.45, 7) is 0.456. The number of aliphatic hydroxyl groups excluding tert-OH is 1. The summed E-state index contributed by atoms with van der Waals surface area (Å²) in [5.41, 5.74) is 1.85. The third-order valence-corrected chi connectivity index (χ3v) is 4.94. The predicted octanol–water partition coefficient (Wildman–Crippen LogP) is 3.98. The van der Waals surface area contributed by atoms with E-state index in [1.165, 1.54) is 0 Å². The van der Waals surface area contributed by atoms with Crippen molar-refractivity contribution in [2.75, 3.05) is 0 Å². The van der Waals surface area contributed by atoms with Gasteiger partial charge >= 0.3 is 5.97 Å². The Kier molecular flexibility index (Phi) is 5.71. The molecule has 3 rings (SSSR count). The minimum Gasteiger partial charge on any atom is -0.489 e. The van der Waals surface area contributed by atoms with Crippen LogP contribution in [0.15, 0.2) is 54.6 Å². The molecule has 1 aliphatic rings. The van der Waals surface area contributed by atoms with Crippen molar-refractivity contribution in [1.29, 1.82) is 0 Å². The highest BCUT2D eigenvalue weighted by molar-refractivity contribution is 5.76. The van der Waals surface area contributed by atoms with Crippen LogP contribution in [0.2, 0.25) is 0 Å². The fourth-order valence-electron chi connectivity index (χ4n) is 3.59. The monoisotopic (exact) mass is 340 g/mol. The van der Waals surface area contributed by atoms with Gasteiger partial charge in [0.05, 0.1) is 12.0 Å². The van der Waals surface area contributed by atoms with Gasteiger partial charge in [0.25, 0.3) is 0 Å². The number of hydrogen-bond acceptors (Lipinski definition) is 3. The molecular weight excluding hydrogens is 316 g/mol. The van der Waals surface area contributed by atoms with E-state index >= 15 is 0 Å². The van der Waals surface area contributed by atoms with Gasteiger partial charge in [-0.25, -0.2) is 0 Å². The quantitative estimate of drug-likeness (QED) is 0.834. The van der Waals surface area contributed by atoms with Gasteiger partial charge in [-0.15, -0.1) is 0 Å². The van der Waals surface area contributed by atoms with Crippen molar-refractivity contribution in [2.24, 2.45) is 5.92 Å². The van der Waals surface area contributed by atoms with Gasteiger partial charge in [-0.2, -0.15) is 0 Å². The number of benzene rings is 2. The van der Waals surface area contributed by atoms with Crippen LogP contribution in [0.1, 0.15) is 42.7 Å². The molecule has 2 aromatic rings. The lowest BCUT2D eigenvalue weighted by molar-refractivity contribution is -0.140. The average molecular weight is 340 g/mol.